The van der Waals surface area contributed by atoms with E-state index in [1.54, 1.807) is 30.5 Å². The molecule has 2 rings (SSSR count). The molecule has 0 atom stereocenters. The lowest BCUT2D eigenvalue weighted by Crippen LogP contribution is -2.34. The van der Waals surface area contributed by atoms with Crippen molar-refractivity contribution >= 4 is 17.3 Å². The standard InChI is InChI=1S/C14H14F2N2O2S/c15-13(16)20-12-6-2-1-4-10(12)8-17-14(21)18-9-11-5-3-7-19-11/h1-7,13H,8-9H2,(H2,17,18,21). The summed E-state index contributed by atoms with van der Waals surface area (Å²) in [5, 5.41) is 6.28. The van der Waals surface area contributed by atoms with E-state index in [4.69, 9.17) is 16.6 Å². The Hall–Kier alpha value is -2.15. The predicted octanol–water partition coefficient (Wildman–Crippen LogP) is 3.05. The van der Waals surface area contributed by atoms with Gasteiger partial charge in [-0.2, -0.15) is 8.78 Å². The quantitative estimate of drug-likeness (QED) is 0.803. The number of para-hydroxylation sites is 1. The third-order valence-electron chi connectivity index (χ3n) is 2.63. The summed E-state index contributed by atoms with van der Waals surface area (Å²) in [5.41, 5.74) is 0.597. The molecule has 0 fully saturated rings. The fraction of sp³-hybridized carbons (Fsp3) is 0.214. The van der Waals surface area contributed by atoms with Gasteiger partial charge in [-0.05, 0) is 30.4 Å². The molecular weight excluding hydrogens is 298 g/mol. The number of hydrogen-bond acceptors (Lipinski definition) is 3. The zero-order valence-electron chi connectivity index (χ0n) is 11.0. The van der Waals surface area contributed by atoms with Gasteiger partial charge in [0.05, 0.1) is 12.8 Å². The monoisotopic (exact) mass is 312 g/mol. The van der Waals surface area contributed by atoms with Crippen LogP contribution in [0.3, 0.4) is 0 Å². The summed E-state index contributed by atoms with van der Waals surface area (Å²) in [6.45, 7) is -2.11. The molecule has 1 heterocycles. The van der Waals surface area contributed by atoms with Crippen molar-refractivity contribution in [2.45, 2.75) is 19.7 Å². The molecule has 2 aromatic rings. The minimum absolute atomic E-state index is 0.133. The summed E-state index contributed by atoms with van der Waals surface area (Å²) in [4.78, 5) is 0. The first-order chi connectivity index (χ1) is 10.1. The van der Waals surface area contributed by atoms with Crippen LogP contribution in [-0.4, -0.2) is 11.7 Å². The smallest absolute Gasteiger partial charge is 0.387 e. The third-order valence-corrected chi connectivity index (χ3v) is 2.92. The lowest BCUT2D eigenvalue weighted by atomic mass is 10.2. The van der Waals surface area contributed by atoms with E-state index in [0.29, 0.717) is 17.2 Å². The van der Waals surface area contributed by atoms with E-state index in [0.717, 1.165) is 5.76 Å². The van der Waals surface area contributed by atoms with E-state index < -0.39 is 6.61 Å². The van der Waals surface area contributed by atoms with Crippen molar-refractivity contribution in [3.63, 3.8) is 0 Å². The maximum absolute atomic E-state index is 12.3. The van der Waals surface area contributed by atoms with Gasteiger partial charge in [-0.3, -0.25) is 0 Å². The highest BCUT2D eigenvalue weighted by Crippen LogP contribution is 2.19. The van der Waals surface area contributed by atoms with Crippen LogP contribution in [0.4, 0.5) is 8.78 Å². The molecule has 21 heavy (non-hydrogen) atoms. The van der Waals surface area contributed by atoms with Gasteiger partial charge in [0.1, 0.15) is 11.5 Å². The molecule has 4 nitrogen and oxygen atoms in total. The van der Waals surface area contributed by atoms with Crippen molar-refractivity contribution in [3.05, 3.63) is 54.0 Å². The van der Waals surface area contributed by atoms with Crippen molar-refractivity contribution in [2.75, 3.05) is 0 Å². The van der Waals surface area contributed by atoms with E-state index in [1.165, 1.54) is 6.07 Å². The first kappa shape index (κ1) is 15.2. The number of benzene rings is 1. The maximum atomic E-state index is 12.3. The van der Waals surface area contributed by atoms with Gasteiger partial charge in [-0.25, -0.2) is 0 Å². The molecule has 0 amide bonds. The normalized spacial score (nSPS) is 10.4. The molecule has 0 bridgehead atoms. The van der Waals surface area contributed by atoms with Gasteiger partial charge in [0.2, 0.25) is 0 Å². The number of thiocarbonyl (C=S) groups is 1. The average Bonchev–Trinajstić information content (AvgIpc) is 2.97. The molecule has 0 saturated carbocycles. The van der Waals surface area contributed by atoms with Crippen molar-refractivity contribution in [2.24, 2.45) is 0 Å². The Morgan fingerprint density at radius 1 is 1.14 bits per heavy atom. The molecule has 7 heteroatoms. The second kappa shape index (κ2) is 7.58. The van der Waals surface area contributed by atoms with Crippen LogP contribution < -0.4 is 15.4 Å². The zero-order chi connectivity index (χ0) is 15.1. The highest BCUT2D eigenvalue weighted by atomic mass is 32.1. The summed E-state index contributed by atoms with van der Waals surface area (Å²) in [6, 6.07) is 10.2. The summed E-state index contributed by atoms with van der Waals surface area (Å²) in [5.74, 6) is 0.884. The van der Waals surface area contributed by atoms with Crippen molar-refractivity contribution in [3.8, 4) is 5.75 Å². The van der Waals surface area contributed by atoms with Gasteiger partial charge in [-0.1, -0.05) is 18.2 Å². The average molecular weight is 312 g/mol. The topological polar surface area (TPSA) is 46.4 Å². The first-order valence-electron chi connectivity index (χ1n) is 6.22. The lowest BCUT2D eigenvalue weighted by Gasteiger charge is -2.13. The van der Waals surface area contributed by atoms with Crippen molar-refractivity contribution in [1.29, 1.82) is 0 Å². The molecule has 0 aliphatic carbocycles. The van der Waals surface area contributed by atoms with Crippen LogP contribution in [0.15, 0.2) is 47.1 Å². The zero-order valence-corrected chi connectivity index (χ0v) is 11.8. The predicted molar refractivity (Wildman–Crippen MR) is 78.1 cm³/mol. The van der Waals surface area contributed by atoms with Crippen molar-refractivity contribution in [1.82, 2.24) is 10.6 Å². The Bertz CT molecular complexity index is 576. The molecule has 0 aliphatic rings. The van der Waals surface area contributed by atoms with Gasteiger partial charge in [0, 0.05) is 12.1 Å². The number of rotatable bonds is 6. The second-order valence-corrected chi connectivity index (χ2v) is 4.51. The number of nitrogens with one attached hydrogen (secondary N) is 2. The number of alkyl halides is 2. The molecule has 0 unspecified atom stereocenters. The summed E-state index contributed by atoms with van der Waals surface area (Å²) >= 11 is 5.10. The van der Waals surface area contributed by atoms with E-state index in [-0.39, 0.29) is 12.3 Å². The molecule has 1 aromatic heterocycles. The highest BCUT2D eigenvalue weighted by Gasteiger charge is 2.09. The Labute approximate surface area is 126 Å². The number of hydrogen-bond donors (Lipinski definition) is 2. The van der Waals surface area contributed by atoms with Crippen LogP contribution in [0.25, 0.3) is 0 Å². The van der Waals surface area contributed by atoms with Gasteiger partial charge in [-0.15, -0.1) is 0 Å². The minimum atomic E-state index is -2.85. The van der Waals surface area contributed by atoms with E-state index in [2.05, 4.69) is 15.4 Å². The summed E-state index contributed by atoms with van der Waals surface area (Å²) in [7, 11) is 0. The maximum Gasteiger partial charge on any atom is 0.387 e. The van der Waals surface area contributed by atoms with E-state index in [1.807, 2.05) is 6.07 Å². The Balaban J connectivity index is 1.83. The number of furan rings is 1. The van der Waals surface area contributed by atoms with Crippen LogP contribution in [-0.2, 0) is 13.1 Å². The van der Waals surface area contributed by atoms with E-state index >= 15 is 0 Å². The van der Waals surface area contributed by atoms with Crippen LogP contribution in [0.2, 0.25) is 0 Å². The second-order valence-electron chi connectivity index (χ2n) is 4.10. The molecule has 0 aliphatic heterocycles. The van der Waals surface area contributed by atoms with Crippen molar-refractivity contribution < 1.29 is 17.9 Å². The minimum Gasteiger partial charge on any atom is -0.467 e. The fourth-order valence-corrected chi connectivity index (χ4v) is 1.82. The summed E-state index contributed by atoms with van der Waals surface area (Å²) < 4.78 is 34.2. The van der Waals surface area contributed by atoms with Crippen LogP contribution >= 0.6 is 12.2 Å². The highest BCUT2D eigenvalue weighted by molar-refractivity contribution is 7.80. The van der Waals surface area contributed by atoms with Gasteiger partial charge in [0.25, 0.3) is 0 Å². The molecule has 1 aromatic carbocycles. The molecule has 0 radical (unpaired) electrons. The Morgan fingerprint density at radius 3 is 2.62 bits per heavy atom. The fourth-order valence-electron chi connectivity index (χ4n) is 1.68. The third kappa shape index (κ3) is 5.03. The SMILES string of the molecule is FC(F)Oc1ccccc1CNC(=S)NCc1ccco1. The van der Waals surface area contributed by atoms with Gasteiger partial charge >= 0.3 is 6.61 Å². The number of halogens is 2. The first-order valence-corrected chi connectivity index (χ1v) is 6.63. The molecule has 0 spiro atoms. The largest absolute Gasteiger partial charge is 0.467 e. The molecule has 2 N–H and O–H groups in total. The number of ether oxygens (including phenoxy) is 1. The van der Waals surface area contributed by atoms with Crippen LogP contribution in [0, 0.1) is 0 Å². The Kier molecular flexibility index (Phi) is 5.51. The van der Waals surface area contributed by atoms with Gasteiger partial charge < -0.3 is 19.8 Å². The van der Waals surface area contributed by atoms with Crippen LogP contribution in [0.1, 0.15) is 11.3 Å². The lowest BCUT2D eigenvalue weighted by molar-refractivity contribution is -0.0504. The molecular formula is C14H14F2N2O2S. The summed E-state index contributed by atoms with van der Waals surface area (Å²) in [6.07, 6.45) is 1.57. The molecule has 0 saturated heterocycles. The van der Waals surface area contributed by atoms with E-state index in [9.17, 15) is 8.78 Å². The molecule has 112 valence electrons. The van der Waals surface area contributed by atoms with Crippen LogP contribution in [0.5, 0.6) is 5.75 Å². The Morgan fingerprint density at radius 2 is 1.90 bits per heavy atom. The van der Waals surface area contributed by atoms with Gasteiger partial charge in [0.15, 0.2) is 5.11 Å².